The third-order valence-corrected chi connectivity index (χ3v) is 4.54. The molecule has 0 spiro atoms. The van der Waals surface area contributed by atoms with Crippen molar-refractivity contribution in [1.29, 1.82) is 0 Å². The minimum atomic E-state index is -0.367. The van der Waals surface area contributed by atoms with Crippen LogP contribution in [0.1, 0.15) is 49.1 Å². The molecule has 1 aromatic carbocycles. The molecule has 2 aliphatic rings. The van der Waals surface area contributed by atoms with E-state index in [4.69, 9.17) is 0 Å². The zero-order valence-electron chi connectivity index (χ0n) is 12.2. The van der Waals surface area contributed by atoms with Crippen molar-refractivity contribution >= 4 is 11.8 Å². The first-order chi connectivity index (χ1) is 10.3. The van der Waals surface area contributed by atoms with Gasteiger partial charge in [0, 0.05) is 6.54 Å². The molecule has 0 bridgehead atoms. The van der Waals surface area contributed by atoms with Gasteiger partial charge in [0.15, 0.2) is 0 Å². The summed E-state index contributed by atoms with van der Waals surface area (Å²) in [5, 5.41) is 5.84. The van der Waals surface area contributed by atoms with Crippen LogP contribution in [0.5, 0.6) is 0 Å². The molecular weight excluding hydrogens is 264 g/mol. The maximum absolute atomic E-state index is 12.6. The SMILES string of the molecule is O=C1NCCCCC1NC(=O)C1CCCc2ccccc21. The highest BCUT2D eigenvalue weighted by Crippen LogP contribution is 2.31. The van der Waals surface area contributed by atoms with Crippen LogP contribution in [0.2, 0.25) is 0 Å². The van der Waals surface area contributed by atoms with Crippen molar-refractivity contribution < 1.29 is 9.59 Å². The van der Waals surface area contributed by atoms with Gasteiger partial charge in [-0.15, -0.1) is 0 Å². The fourth-order valence-corrected chi connectivity index (χ4v) is 3.38. The summed E-state index contributed by atoms with van der Waals surface area (Å²) in [7, 11) is 0. The summed E-state index contributed by atoms with van der Waals surface area (Å²) in [5.74, 6) is -0.139. The Balaban J connectivity index is 1.72. The van der Waals surface area contributed by atoms with Crippen molar-refractivity contribution in [2.75, 3.05) is 6.54 Å². The van der Waals surface area contributed by atoms with Gasteiger partial charge in [-0.25, -0.2) is 0 Å². The molecule has 0 saturated carbocycles. The number of hydrogen-bond donors (Lipinski definition) is 2. The predicted molar refractivity (Wildman–Crippen MR) is 80.9 cm³/mol. The predicted octanol–water partition coefficient (Wildman–Crippen LogP) is 1.89. The van der Waals surface area contributed by atoms with E-state index in [0.717, 1.165) is 50.6 Å². The van der Waals surface area contributed by atoms with Gasteiger partial charge >= 0.3 is 0 Å². The van der Waals surface area contributed by atoms with Gasteiger partial charge < -0.3 is 10.6 Å². The van der Waals surface area contributed by atoms with Gasteiger partial charge in [0.05, 0.1) is 5.92 Å². The molecule has 1 aliphatic carbocycles. The Kier molecular flexibility index (Phi) is 4.23. The Morgan fingerprint density at radius 3 is 2.90 bits per heavy atom. The molecule has 2 N–H and O–H groups in total. The Bertz CT molecular complexity index is 541. The fourth-order valence-electron chi connectivity index (χ4n) is 3.38. The number of rotatable bonds is 2. The standard InChI is InChI=1S/C17H22N2O2/c20-16(19-15-10-3-4-11-18-17(15)21)14-9-5-7-12-6-1-2-8-13(12)14/h1-2,6,8,14-15H,3-5,7,9-11H2,(H,18,21)(H,19,20). The summed E-state index contributed by atoms with van der Waals surface area (Å²) in [6.45, 7) is 0.720. The maximum atomic E-state index is 12.6. The number of fused-ring (bicyclic) bond motifs is 1. The maximum Gasteiger partial charge on any atom is 0.242 e. The second-order valence-corrected chi connectivity index (χ2v) is 5.99. The second kappa shape index (κ2) is 6.29. The zero-order chi connectivity index (χ0) is 14.7. The van der Waals surface area contributed by atoms with Crippen molar-refractivity contribution in [2.45, 2.75) is 50.5 Å². The second-order valence-electron chi connectivity index (χ2n) is 5.99. The lowest BCUT2D eigenvalue weighted by Crippen LogP contribution is -2.47. The highest BCUT2D eigenvalue weighted by atomic mass is 16.2. The lowest BCUT2D eigenvalue weighted by molar-refractivity contribution is -0.129. The van der Waals surface area contributed by atoms with Gasteiger partial charge in [0.25, 0.3) is 0 Å². The molecule has 3 rings (SSSR count). The van der Waals surface area contributed by atoms with Crippen LogP contribution in [0.3, 0.4) is 0 Å². The van der Waals surface area contributed by atoms with E-state index in [1.807, 2.05) is 18.2 Å². The van der Waals surface area contributed by atoms with Crippen molar-refractivity contribution in [1.82, 2.24) is 10.6 Å². The van der Waals surface area contributed by atoms with Gasteiger partial charge in [-0.1, -0.05) is 24.3 Å². The smallest absolute Gasteiger partial charge is 0.242 e. The molecule has 0 radical (unpaired) electrons. The highest BCUT2D eigenvalue weighted by Gasteiger charge is 2.29. The van der Waals surface area contributed by atoms with E-state index in [9.17, 15) is 9.59 Å². The number of amides is 2. The summed E-state index contributed by atoms with van der Waals surface area (Å²) >= 11 is 0. The van der Waals surface area contributed by atoms with E-state index in [1.165, 1.54) is 5.56 Å². The first-order valence-corrected chi connectivity index (χ1v) is 7.91. The quantitative estimate of drug-likeness (QED) is 0.872. The Morgan fingerprint density at radius 1 is 1.14 bits per heavy atom. The van der Waals surface area contributed by atoms with Crippen molar-refractivity contribution in [3.8, 4) is 0 Å². The van der Waals surface area contributed by atoms with Gasteiger partial charge in [0.2, 0.25) is 11.8 Å². The first-order valence-electron chi connectivity index (χ1n) is 7.91. The van der Waals surface area contributed by atoms with E-state index >= 15 is 0 Å². The van der Waals surface area contributed by atoms with Crippen molar-refractivity contribution in [3.63, 3.8) is 0 Å². The largest absolute Gasteiger partial charge is 0.354 e. The summed E-state index contributed by atoms with van der Waals surface area (Å²) in [4.78, 5) is 24.5. The molecule has 1 aromatic rings. The molecule has 1 aliphatic heterocycles. The highest BCUT2D eigenvalue weighted by molar-refractivity contribution is 5.91. The summed E-state index contributed by atoms with van der Waals surface area (Å²) in [6.07, 6.45) is 5.66. The molecule has 2 atom stereocenters. The molecular formula is C17H22N2O2. The summed E-state index contributed by atoms with van der Waals surface area (Å²) in [6, 6.07) is 7.80. The first kappa shape index (κ1) is 14.1. The number of hydrogen-bond acceptors (Lipinski definition) is 2. The molecule has 1 saturated heterocycles. The average Bonchev–Trinajstić information content (AvgIpc) is 2.71. The Hall–Kier alpha value is -1.84. The van der Waals surface area contributed by atoms with Gasteiger partial charge in [-0.2, -0.15) is 0 Å². The number of aryl methyl sites for hydroxylation is 1. The van der Waals surface area contributed by atoms with Crippen LogP contribution in [-0.4, -0.2) is 24.4 Å². The fraction of sp³-hybridized carbons (Fsp3) is 0.529. The number of benzene rings is 1. The average molecular weight is 286 g/mol. The van der Waals surface area contributed by atoms with Gasteiger partial charge in [0.1, 0.15) is 6.04 Å². The third-order valence-electron chi connectivity index (χ3n) is 4.54. The van der Waals surface area contributed by atoms with Gasteiger partial charge in [-0.05, 0) is 49.7 Å². The molecule has 1 fully saturated rings. The van der Waals surface area contributed by atoms with Crippen molar-refractivity contribution in [2.24, 2.45) is 0 Å². The van der Waals surface area contributed by atoms with E-state index in [-0.39, 0.29) is 23.8 Å². The van der Waals surface area contributed by atoms with Crippen molar-refractivity contribution in [3.05, 3.63) is 35.4 Å². The number of nitrogens with one attached hydrogen (secondary N) is 2. The Labute approximate surface area is 125 Å². The minimum Gasteiger partial charge on any atom is -0.354 e. The number of carbonyl (C=O) groups excluding carboxylic acids is 2. The lowest BCUT2D eigenvalue weighted by atomic mass is 9.82. The molecule has 2 amide bonds. The molecule has 0 aromatic heterocycles. The zero-order valence-corrected chi connectivity index (χ0v) is 12.2. The van der Waals surface area contributed by atoms with E-state index in [2.05, 4.69) is 16.7 Å². The van der Waals surface area contributed by atoms with Crippen LogP contribution in [0.4, 0.5) is 0 Å². The van der Waals surface area contributed by atoms with E-state index < -0.39 is 0 Å². The van der Waals surface area contributed by atoms with E-state index in [0.29, 0.717) is 0 Å². The molecule has 4 nitrogen and oxygen atoms in total. The van der Waals surface area contributed by atoms with Gasteiger partial charge in [-0.3, -0.25) is 9.59 Å². The topological polar surface area (TPSA) is 58.2 Å². The lowest BCUT2D eigenvalue weighted by Gasteiger charge is -2.26. The molecule has 4 heteroatoms. The van der Waals surface area contributed by atoms with Crippen LogP contribution < -0.4 is 10.6 Å². The Morgan fingerprint density at radius 2 is 2.00 bits per heavy atom. The molecule has 2 unspecified atom stereocenters. The molecule has 1 heterocycles. The van der Waals surface area contributed by atoms with Crippen LogP contribution in [-0.2, 0) is 16.0 Å². The minimum absolute atomic E-state index is 0.00389. The molecule has 112 valence electrons. The third kappa shape index (κ3) is 3.09. The van der Waals surface area contributed by atoms with Crippen LogP contribution in [0.25, 0.3) is 0 Å². The normalized spacial score (nSPS) is 25.4. The van der Waals surface area contributed by atoms with Crippen LogP contribution in [0, 0.1) is 0 Å². The van der Waals surface area contributed by atoms with Crippen LogP contribution >= 0.6 is 0 Å². The van der Waals surface area contributed by atoms with E-state index in [1.54, 1.807) is 0 Å². The monoisotopic (exact) mass is 286 g/mol. The summed E-state index contributed by atoms with van der Waals surface area (Å²) in [5.41, 5.74) is 2.41. The van der Waals surface area contributed by atoms with Crippen LogP contribution in [0.15, 0.2) is 24.3 Å². The molecule has 21 heavy (non-hydrogen) atoms. The number of carbonyl (C=O) groups is 2. The summed E-state index contributed by atoms with van der Waals surface area (Å²) < 4.78 is 0.